The van der Waals surface area contributed by atoms with Gasteiger partial charge in [-0.05, 0) is 37.1 Å². The number of hydrogen-bond donors (Lipinski definition) is 2. The predicted molar refractivity (Wildman–Crippen MR) is 78.3 cm³/mol. The zero-order valence-electron chi connectivity index (χ0n) is 11.7. The molecule has 3 N–H and O–H groups in total. The van der Waals surface area contributed by atoms with Crippen molar-refractivity contribution in [1.82, 2.24) is 5.32 Å². The average Bonchev–Trinajstić information content (AvgIpc) is 3.20. The monoisotopic (exact) mass is 261 g/mol. The van der Waals surface area contributed by atoms with E-state index in [4.69, 9.17) is 5.73 Å². The third-order valence-electron chi connectivity index (χ3n) is 3.54. The van der Waals surface area contributed by atoms with Crippen molar-refractivity contribution in [2.75, 3.05) is 25.5 Å². The molecule has 0 aliphatic heterocycles. The number of nitrogens with two attached hydrogens (primary N) is 1. The van der Waals surface area contributed by atoms with Gasteiger partial charge in [-0.3, -0.25) is 4.79 Å². The molecule has 1 aliphatic carbocycles. The minimum atomic E-state index is 0.106. The maximum atomic E-state index is 11.8. The van der Waals surface area contributed by atoms with Gasteiger partial charge in [0.1, 0.15) is 0 Å². The number of anilines is 1. The Balaban J connectivity index is 1.97. The highest BCUT2D eigenvalue weighted by Crippen LogP contribution is 2.23. The van der Waals surface area contributed by atoms with Crippen LogP contribution in [-0.2, 0) is 4.79 Å². The summed E-state index contributed by atoms with van der Waals surface area (Å²) in [5, 5.41) is 3.02. The highest BCUT2D eigenvalue weighted by atomic mass is 16.1. The van der Waals surface area contributed by atoms with Gasteiger partial charge in [0.05, 0.1) is 0 Å². The summed E-state index contributed by atoms with van der Waals surface area (Å²) in [6.07, 6.45) is 2.72. The molecule has 0 radical (unpaired) electrons. The third-order valence-corrected chi connectivity index (χ3v) is 3.54. The number of nitrogens with one attached hydrogen (secondary N) is 1. The van der Waals surface area contributed by atoms with E-state index in [-0.39, 0.29) is 11.8 Å². The number of rotatable bonds is 6. The van der Waals surface area contributed by atoms with E-state index in [1.807, 2.05) is 14.1 Å². The summed E-state index contributed by atoms with van der Waals surface area (Å²) >= 11 is 0. The lowest BCUT2D eigenvalue weighted by Gasteiger charge is -2.17. The first kappa shape index (κ1) is 13.9. The second-order valence-corrected chi connectivity index (χ2v) is 5.46. The van der Waals surface area contributed by atoms with Crippen LogP contribution >= 0.6 is 0 Å². The molecule has 1 aromatic carbocycles. The lowest BCUT2D eigenvalue weighted by Crippen LogP contribution is -2.28. The molecule has 0 saturated heterocycles. The van der Waals surface area contributed by atoms with Gasteiger partial charge >= 0.3 is 0 Å². The molecule has 1 atom stereocenters. The van der Waals surface area contributed by atoms with Gasteiger partial charge in [0.25, 0.3) is 0 Å². The van der Waals surface area contributed by atoms with Gasteiger partial charge < -0.3 is 16.0 Å². The number of nitrogens with zero attached hydrogens (tertiary/aromatic N) is 1. The normalized spacial score (nSPS) is 15.9. The number of hydrogen-bond acceptors (Lipinski definition) is 3. The molecule has 1 fully saturated rings. The van der Waals surface area contributed by atoms with E-state index in [9.17, 15) is 4.79 Å². The van der Waals surface area contributed by atoms with Gasteiger partial charge in [-0.15, -0.1) is 0 Å². The fourth-order valence-electron chi connectivity index (χ4n) is 2.12. The lowest BCUT2D eigenvalue weighted by molar-refractivity contribution is -0.121. The summed E-state index contributed by atoms with van der Waals surface area (Å²) in [4.78, 5) is 13.9. The van der Waals surface area contributed by atoms with Crippen LogP contribution < -0.4 is 16.0 Å². The van der Waals surface area contributed by atoms with Crippen molar-refractivity contribution >= 4 is 11.6 Å². The van der Waals surface area contributed by atoms with Gasteiger partial charge in [-0.25, -0.2) is 0 Å². The van der Waals surface area contributed by atoms with Crippen LogP contribution in [0.5, 0.6) is 0 Å². The Bertz CT molecular complexity index is 424. The number of carbonyl (C=O) groups is 1. The maximum absolute atomic E-state index is 11.8. The van der Waals surface area contributed by atoms with Gasteiger partial charge in [0, 0.05) is 38.2 Å². The van der Waals surface area contributed by atoms with Crippen LogP contribution in [0.3, 0.4) is 0 Å². The SMILES string of the molecule is CN(C)c1ccc(C(CN)CC(=O)NC2CC2)cc1. The van der Waals surface area contributed by atoms with Crippen molar-refractivity contribution in [2.24, 2.45) is 5.73 Å². The van der Waals surface area contributed by atoms with Crippen molar-refractivity contribution in [3.8, 4) is 0 Å². The summed E-state index contributed by atoms with van der Waals surface area (Å²) in [7, 11) is 4.02. The molecule has 19 heavy (non-hydrogen) atoms. The van der Waals surface area contributed by atoms with Crippen LogP contribution in [0.4, 0.5) is 5.69 Å². The van der Waals surface area contributed by atoms with E-state index in [2.05, 4.69) is 34.5 Å². The second-order valence-electron chi connectivity index (χ2n) is 5.46. The zero-order valence-corrected chi connectivity index (χ0v) is 11.7. The molecular weight excluding hydrogens is 238 g/mol. The van der Waals surface area contributed by atoms with Crippen molar-refractivity contribution in [1.29, 1.82) is 0 Å². The Kier molecular flexibility index (Phi) is 4.43. The summed E-state index contributed by atoms with van der Waals surface area (Å²) in [5.41, 5.74) is 8.10. The summed E-state index contributed by atoms with van der Waals surface area (Å²) in [6.45, 7) is 0.499. The van der Waals surface area contributed by atoms with Gasteiger partial charge in [-0.2, -0.15) is 0 Å². The Labute approximate surface area is 115 Å². The standard InChI is InChI=1S/C15H23N3O/c1-18(2)14-7-3-11(4-8-14)12(10-16)9-15(19)17-13-5-6-13/h3-4,7-8,12-13H,5-6,9-10,16H2,1-2H3,(H,17,19). The van der Waals surface area contributed by atoms with Crippen molar-refractivity contribution in [3.05, 3.63) is 29.8 Å². The van der Waals surface area contributed by atoms with Crippen LogP contribution in [0, 0.1) is 0 Å². The molecular formula is C15H23N3O. The molecule has 1 aliphatic rings. The predicted octanol–water partition coefficient (Wildman–Crippen LogP) is 1.46. The zero-order chi connectivity index (χ0) is 13.8. The van der Waals surface area contributed by atoms with Crippen molar-refractivity contribution < 1.29 is 4.79 Å². The first-order chi connectivity index (χ1) is 9.10. The van der Waals surface area contributed by atoms with Crippen LogP contribution in [0.15, 0.2) is 24.3 Å². The van der Waals surface area contributed by atoms with Crippen LogP contribution in [0.25, 0.3) is 0 Å². The van der Waals surface area contributed by atoms with Crippen molar-refractivity contribution in [2.45, 2.75) is 31.2 Å². The molecule has 0 bridgehead atoms. The van der Waals surface area contributed by atoms with Crippen molar-refractivity contribution in [3.63, 3.8) is 0 Å². The lowest BCUT2D eigenvalue weighted by atomic mass is 9.95. The van der Waals surface area contributed by atoms with E-state index in [1.54, 1.807) is 0 Å². The minimum absolute atomic E-state index is 0.106. The Morgan fingerprint density at radius 1 is 1.37 bits per heavy atom. The van der Waals surface area contributed by atoms with Crippen LogP contribution in [0.1, 0.15) is 30.7 Å². The fraction of sp³-hybridized carbons (Fsp3) is 0.533. The largest absolute Gasteiger partial charge is 0.378 e. The third kappa shape index (κ3) is 3.96. The van der Waals surface area contributed by atoms with E-state index in [0.717, 1.165) is 24.1 Å². The second kappa shape index (κ2) is 6.06. The maximum Gasteiger partial charge on any atom is 0.220 e. The van der Waals surface area contributed by atoms with E-state index in [0.29, 0.717) is 19.0 Å². The topological polar surface area (TPSA) is 58.4 Å². The molecule has 0 heterocycles. The van der Waals surface area contributed by atoms with E-state index < -0.39 is 0 Å². The Morgan fingerprint density at radius 3 is 2.47 bits per heavy atom. The number of benzene rings is 1. The van der Waals surface area contributed by atoms with Gasteiger partial charge in [0.15, 0.2) is 0 Å². The fourth-order valence-corrected chi connectivity index (χ4v) is 2.12. The van der Waals surface area contributed by atoms with E-state index >= 15 is 0 Å². The molecule has 2 rings (SSSR count). The molecule has 1 saturated carbocycles. The highest BCUT2D eigenvalue weighted by Gasteiger charge is 2.24. The Morgan fingerprint density at radius 2 is 2.00 bits per heavy atom. The number of amides is 1. The van der Waals surface area contributed by atoms with Crippen LogP contribution in [-0.4, -0.2) is 32.6 Å². The molecule has 4 heteroatoms. The summed E-state index contributed by atoms with van der Waals surface area (Å²) in [6, 6.07) is 8.68. The molecule has 1 unspecified atom stereocenters. The first-order valence-electron chi connectivity index (χ1n) is 6.87. The van der Waals surface area contributed by atoms with Gasteiger partial charge in [0.2, 0.25) is 5.91 Å². The summed E-state index contributed by atoms with van der Waals surface area (Å²) in [5.74, 6) is 0.226. The highest BCUT2D eigenvalue weighted by molar-refractivity contribution is 5.77. The molecule has 4 nitrogen and oxygen atoms in total. The molecule has 1 amide bonds. The summed E-state index contributed by atoms with van der Waals surface area (Å²) < 4.78 is 0. The first-order valence-corrected chi connectivity index (χ1v) is 6.87. The quantitative estimate of drug-likeness (QED) is 0.815. The van der Waals surface area contributed by atoms with Crippen LogP contribution in [0.2, 0.25) is 0 Å². The smallest absolute Gasteiger partial charge is 0.220 e. The molecule has 1 aromatic rings. The molecule has 0 spiro atoms. The molecule has 104 valence electrons. The Hall–Kier alpha value is -1.55. The number of carbonyl (C=O) groups excluding carboxylic acids is 1. The molecule has 0 aromatic heterocycles. The minimum Gasteiger partial charge on any atom is -0.378 e. The van der Waals surface area contributed by atoms with E-state index in [1.165, 1.54) is 0 Å². The van der Waals surface area contributed by atoms with Gasteiger partial charge in [-0.1, -0.05) is 12.1 Å². The average molecular weight is 261 g/mol.